The smallest absolute Gasteiger partial charge is 0.246 e. The predicted molar refractivity (Wildman–Crippen MR) is 107 cm³/mol. The molecule has 3 fully saturated rings. The highest BCUT2D eigenvalue weighted by Crippen LogP contribution is 2.43. The summed E-state index contributed by atoms with van der Waals surface area (Å²) in [4.78, 5) is 5.32. The molecule has 0 saturated carbocycles. The van der Waals surface area contributed by atoms with Crippen molar-refractivity contribution in [1.29, 1.82) is 0 Å². The molecule has 0 bridgehead atoms. The van der Waals surface area contributed by atoms with E-state index in [1.54, 1.807) is 15.2 Å². The van der Waals surface area contributed by atoms with Crippen molar-refractivity contribution >= 4 is 10.0 Å². The molecule has 0 radical (unpaired) electrons. The van der Waals surface area contributed by atoms with Gasteiger partial charge in [-0.3, -0.25) is 9.58 Å². The molecule has 0 aromatic carbocycles. The van der Waals surface area contributed by atoms with Crippen LogP contribution in [0.3, 0.4) is 0 Å². The summed E-state index contributed by atoms with van der Waals surface area (Å²) in [6.07, 6.45) is 6.17. The van der Waals surface area contributed by atoms with E-state index < -0.39 is 10.0 Å². The van der Waals surface area contributed by atoms with Crippen LogP contribution in [0.15, 0.2) is 17.3 Å². The summed E-state index contributed by atoms with van der Waals surface area (Å²) in [5.74, 6) is 0. The number of likely N-dealkylation sites (N-methyl/N-ethyl adjacent to an activating group) is 1. The number of aromatic nitrogens is 2. The van der Waals surface area contributed by atoms with E-state index in [4.69, 9.17) is 4.74 Å². The molecule has 4 heterocycles. The van der Waals surface area contributed by atoms with E-state index in [0.717, 1.165) is 52.2 Å². The molecule has 3 aliphatic heterocycles. The Labute approximate surface area is 168 Å². The first-order chi connectivity index (χ1) is 13.4. The summed E-state index contributed by atoms with van der Waals surface area (Å²) >= 11 is 0. The van der Waals surface area contributed by atoms with E-state index in [1.807, 2.05) is 6.92 Å². The molecule has 1 aromatic rings. The molecule has 3 saturated heterocycles. The van der Waals surface area contributed by atoms with Crippen LogP contribution in [-0.2, 0) is 21.3 Å². The quantitative estimate of drug-likeness (QED) is 0.711. The summed E-state index contributed by atoms with van der Waals surface area (Å²) in [5.41, 5.74) is 0.255. The Balaban J connectivity index is 1.36. The zero-order valence-electron chi connectivity index (χ0n) is 17.1. The lowest BCUT2D eigenvalue weighted by Crippen LogP contribution is -2.44. The highest BCUT2D eigenvalue weighted by molar-refractivity contribution is 7.89. The molecule has 8 nitrogen and oxygen atoms in total. The van der Waals surface area contributed by atoms with Crippen LogP contribution < -0.4 is 0 Å². The van der Waals surface area contributed by atoms with Gasteiger partial charge in [0.25, 0.3) is 0 Å². The number of likely N-dealkylation sites (tertiary alicyclic amines) is 1. The molecule has 28 heavy (non-hydrogen) atoms. The molecule has 1 unspecified atom stereocenters. The largest absolute Gasteiger partial charge is 0.379 e. The second-order valence-electron chi connectivity index (χ2n) is 8.62. The Bertz CT molecular complexity index is 766. The average Bonchev–Trinajstić information content (AvgIpc) is 3.29. The maximum absolute atomic E-state index is 13.0. The first-order valence-corrected chi connectivity index (χ1v) is 11.9. The lowest BCUT2D eigenvalue weighted by Gasteiger charge is -2.38. The standard InChI is InChI=1S/C19H33N5O3S/c1-3-23-15-18(13-20-23)28(25,26)24-6-4-19(5-7-24)12-17(21(2)16-19)14-22-8-10-27-11-9-22/h13,15,17H,3-12,14,16H2,1-2H3. The van der Waals surface area contributed by atoms with Crippen molar-refractivity contribution in [2.45, 2.75) is 43.7 Å². The minimum Gasteiger partial charge on any atom is -0.379 e. The molecular formula is C19H33N5O3S. The molecule has 3 aliphatic rings. The third-order valence-electron chi connectivity index (χ3n) is 6.80. The van der Waals surface area contributed by atoms with Crippen molar-refractivity contribution in [3.8, 4) is 0 Å². The lowest BCUT2D eigenvalue weighted by atomic mass is 9.77. The molecule has 0 amide bonds. The van der Waals surface area contributed by atoms with Crippen LogP contribution in [0, 0.1) is 5.41 Å². The monoisotopic (exact) mass is 411 g/mol. The SMILES string of the molecule is CCn1cc(S(=O)(=O)N2CCC3(CC2)CC(CN2CCOCC2)N(C)C3)cn1. The van der Waals surface area contributed by atoms with Gasteiger partial charge in [-0.05, 0) is 38.6 Å². The number of morpholine rings is 1. The second kappa shape index (κ2) is 8.02. The van der Waals surface area contributed by atoms with E-state index in [1.165, 1.54) is 12.6 Å². The maximum Gasteiger partial charge on any atom is 0.246 e. The van der Waals surface area contributed by atoms with Gasteiger partial charge >= 0.3 is 0 Å². The van der Waals surface area contributed by atoms with E-state index >= 15 is 0 Å². The Morgan fingerprint density at radius 3 is 2.57 bits per heavy atom. The number of sulfonamides is 1. The Morgan fingerprint density at radius 1 is 1.21 bits per heavy atom. The van der Waals surface area contributed by atoms with Crippen LogP contribution in [0.2, 0.25) is 0 Å². The Kier molecular flexibility index (Phi) is 5.81. The van der Waals surface area contributed by atoms with Gasteiger partial charge < -0.3 is 9.64 Å². The van der Waals surface area contributed by atoms with Gasteiger partial charge in [0.05, 0.1) is 19.4 Å². The number of aryl methyl sites for hydroxylation is 1. The topological polar surface area (TPSA) is 70.9 Å². The minimum atomic E-state index is -3.43. The summed E-state index contributed by atoms with van der Waals surface area (Å²) in [5, 5.41) is 4.13. The molecule has 158 valence electrons. The third-order valence-corrected chi connectivity index (χ3v) is 8.66. The summed E-state index contributed by atoms with van der Waals surface area (Å²) < 4.78 is 34.7. The average molecular weight is 412 g/mol. The van der Waals surface area contributed by atoms with Gasteiger partial charge in [0.2, 0.25) is 10.0 Å². The highest BCUT2D eigenvalue weighted by atomic mass is 32.2. The molecule has 1 atom stereocenters. The van der Waals surface area contributed by atoms with Crippen molar-refractivity contribution in [3.63, 3.8) is 0 Å². The van der Waals surface area contributed by atoms with Crippen molar-refractivity contribution in [2.24, 2.45) is 5.41 Å². The number of nitrogens with zero attached hydrogens (tertiary/aromatic N) is 5. The van der Waals surface area contributed by atoms with Crippen LogP contribution in [0.25, 0.3) is 0 Å². The van der Waals surface area contributed by atoms with Gasteiger partial charge in [0.1, 0.15) is 4.90 Å². The molecule has 9 heteroatoms. The zero-order valence-corrected chi connectivity index (χ0v) is 17.9. The lowest BCUT2D eigenvalue weighted by molar-refractivity contribution is 0.0284. The van der Waals surface area contributed by atoms with Gasteiger partial charge in [-0.1, -0.05) is 0 Å². The summed E-state index contributed by atoms with van der Waals surface area (Å²) in [6.45, 7) is 9.74. The number of hydrogen-bond acceptors (Lipinski definition) is 6. The molecule has 0 N–H and O–H groups in total. The normalized spacial score (nSPS) is 27.6. The fourth-order valence-electron chi connectivity index (χ4n) is 5.03. The minimum absolute atomic E-state index is 0.255. The molecule has 1 aromatic heterocycles. The molecule has 1 spiro atoms. The van der Waals surface area contributed by atoms with Crippen LogP contribution in [0.5, 0.6) is 0 Å². The van der Waals surface area contributed by atoms with E-state index in [9.17, 15) is 8.42 Å². The number of rotatable bonds is 5. The van der Waals surface area contributed by atoms with Crippen LogP contribution in [0.1, 0.15) is 26.2 Å². The number of hydrogen-bond donors (Lipinski definition) is 0. The predicted octanol–water partition coefficient (Wildman–Crippen LogP) is 0.710. The van der Waals surface area contributed by atoms with Crippen molar-refractivity contribution in [2.75, 3.05) is 59.5 Å². The summed E-state index contributed by atoms with van der Waals surface area (Å²) in [6, 6.07) is 0.559. The van der Waals surface area contributed by atoms with Gasteiger partial charge in [0, 0.05) is 58.1 Å². The first-order valence-electron chi connectivity index (χ1n) is 10.4. The van der Waals surface area contributed by atoms with Crippen LogP contribution >= 0.6 is 0 Å². The Hall–Kier alpha value is -1.00. The molecular weight excluding hydrogens is 378 g/mol. The first kappa shape index (κ1) is 20.3. The van der Waals surface area contributed by atoms with Gasteiger partial charge in [0.15, 0.2) is 0 Å². The van der Waals surface area contributed by atoms with Gasteiger partial charge in [-0.2, -0.15) is 9.40 Å². The highest BCUT2D eigenvalue weighted by Gasteiger charge is 2.46. The van der Waals surface area contributed by atoms with Gasteiger partial charge in [-0.15, -0.1) is 0 Å². The number of piperidine rings is 1. The molecule has 4 rings (SSSR count). The van der Waals surface area contributed by atoms with E-state index in [0.29, 0.717) is 30.6 Å². The zero-order chi connectivity index (χ0) is 19.8. The molecule has 0 aliphatic carbocycles. The van der Waals surface area contributed by atoms with E-state index in [-0.39, 0.29) is 5.41 Å². The fraction of sp³-hybridized carbons (Fsp3) is 0.842. The van der Waals surface area contributed by atoms with Crippen molar-refractivity contribution in [1.82, 2.24) is 23.9 Å². The number of ether oxygens (including phenoxy) is 1. The van der Waals surface area contributed by atoms with Crippen LogP contribution in [-0.4, -0.2) is 97.9 Å². The van der Waals surface area contributed by atoms with E-state index in [2.05, 4.69) is 21.9 Å². The van der Waals surface area contributed by atoms with Crippen LogP contribution in [0.4, 0.5) is 0 Å². The van der Waals surface area contributed by atoms with Crippen molar-refractivity contribution in [3.05, 3.63) is 12.4 Å². The van der Waals surface area contributed by atoms with Gasteiger partial charge in [-0.25, -0.2) is 8.42 Å². The fourth-order valence-corrected chi connectivity index (χ4v) is 6.42. The van der Waals surface area contributed by atoms with Crippen molar-refractivity contribution < 1.29 is 13.2 Å². The summed E-state index contributed by atoms with van der Waals surface area (Å²) in [7, 11) is -1.21. The Morgan fingerprint density at radius 2 is 1.93 bits per heavy atom. The third kappa shape index (κ3) is 4.00. The second-order valence-corrected chi connectivity index (χ2v) is 10.6. The maximum atomic E-state index is 13.0.